The Morgan fingerprint density at radius 3 is 2.72 bits per heavy atom. The summed E-state index contributed by atoms with van der Waals surface area (Å²) >= 11 is 0. The number of aliphatic hydroxyl groups is 1. The molecule has 98 valence electrons. The van der Waals surface area contributed by atoms with Crippen LogP contribution in [0.1, 0.15) is 18.1 Å². The number of carbonyl (C=O) groups is 1. The second-order valence-electron chi connectivity index (χ2n) is 4.32. The van der Waals surface area contributed by atoms with Gasteiger partial charge in [0.1, 0.15) is 0 Å². The molecule has 0 aliphatic rings. The number of aliphatic carboxylic acids is 1. The van der Waals surface area contributed by atoms with Gasteiger partial charge in [0.05, 0.1) is 12.6 Å². The second kappa shape index (κ2) is 6.93. The lowest BCUT2D eigenvalue weighted by Crippen LogP contribution is -2.35. The van der Waals surface area contributed by atoms with E-state index in [1.807, 2.05) is 24.3 Å². The molecule has 0 saturated heterocycles. The summed E-state index contributed by atoms with van der Waals surface area (Å²) in [5.74, 6) is -0.897. The molecule has 0 aliphatic heterocycles. The van der Waals surface area contributed by atoms with Crippen LogP contribution >= 0.6 is 0 Å². The van der Waals surface area contributed by atoms with Gasteiger partial charge in [-0.1, -0.05) is 36.9 Å². The van der Waals surface area contributed by atoms with Crippen molar-refractivity contribution in [3.8, 4) is 0 Å². The van der Waals surface area contributed by atoms with Crippen molar-refractivity contribution in [1.29, 1.82) is 0 Å². The summed E-state index contributed by atoms with van der Waals surface area (Å²) in [5, 5.41) is 18.2. The minimum atomic E-state index is -0.897. The number of aliphatic hydroxyl groups excluding tert-OH is 1. The summed E-state index contributed by atoms with van der Waals surface area (Å²) in [4.78, 5) is 12.5. The van der Waals surface area contributed by atoms with Crippen molar-refractivity contribution in [2.75, 3.05) is 13.1 Å². The van der Waals surface area contributed by atoms with Gasteiger partial charge in [0.25, 0.3) is 0 Å². The summed E-state index contributed by atoms with van der Waals surface area (Å²) in [7, 11) is 0. The average molecular weight is 249 g/mol. The number of hydrogen-bond donors (Lipinski definition) is 2. The number of nitrogens with zero attached hydrogens (tertiary/aromatic N) is 1. The van der Waals surface area contributed by atoms with E-state index in [-0.39, 0.29) is 6.54 Å². The largest absolute Gasteiger partial charge is 0.480 e. The quantitative estimate of drug-likeness (QED) is 0.770. The van der Waals surface area contributed by atoms with E-state index < -0.39 is 12.1 Å². The summed E-state index contributed by atoms with van der Waals surface area (Å²) in [5.41, 5.74) is 1.99. The fourth-order valence-corrected chi connectivity index (χ4v) is 1.87. The molecule has 1 atom stereocenters. The Kier molecular flexibility index (Phi) is 5.55. The zero-order valence-electron chi connectivity index (χ0n) is 10.5. The zero-order valence-corrected chi connectivity index (χ0v) is 10.5. The van der Waals surface area contributed by atoms with E-state index in [1.165, 1.54) is 0 Å². The molecule has 1 unspecified atom stereocenters. The molecule has 0 fully saturated rings. The van der Waals surface area contributed by atoms with E-state index in [2.05, 4.69) is 6.58 Å². The first kappa shape index (κ1) is 14.4. The third-order valence-electron chi connectivity index (χ3n) is 2.55. The molecule has 2 N–H and O–H groups in total. The van der Waals surface area contributed by atoms with Gasteiger partial charge >= 0.3 is 5.97 Å². The molecule has 0 amide bonds. The third-order valence-corrected chi connectivity index (χ3v) is 2.55. The zero-order chi connectivity index (χ0) is 13.5. The molecular weight excluding hydrogens is 230 g/mol. The van der Waals surface area contributed by atoms with Crippen molar-refractivity contribution in [2.24, 2.45) is 0 Å². The third kappa shape index (κ3) is 4.69. The Balaban J connectivity index is 2.81. The van der Waals surface area contributed by atoms with E-state index in [0.29, 0.717) is 13.1 Å². The highest BCUT2D eigenvalue weighted by Gasteiger charge is 2.13. The molecule has 1 aromatic carbocycles. The first-order valence-electron chi connectivity index (χ1n) is 5.85. The molecule has 0 aromatic heterocycles. The molecule has 18 heavy (non-hydrogen) atoms. The Bertz CT molecular complexity index is 415. The van der Waals surface area contributed by atoms with Gasteiger partial charge in [-0.15, -0.1) is 0 Å². The Labute approximate surface area is 107 Å². The number of carboxylic acids is 1. The Morgan fingerprint density at radius 1 is 1.50 bits per heavy atom. The maximum atomic E-state index is 10.8. The Hall–Kier alpha value is -1.65. The van der Waals surface area contributed by atoms with E-state index in [9.17, 15) is 9.90 Å². The van der Waals surface area contributed by atoms with Crippen molar-refractivity contribution < 1.29 is 15.0 Å². The van der Waals surface area contributed by atoms with Crippen molar-refractivity contribution >= 4 is 12.0 Å². The smallest absolute Gasteiger partial charge is 0.317 e. The standard InChI is InChI=1S/C14H19NO3/c1-3-12-6-4-5-7-13(12)9-15(8-11(2)16)10-14(17)18/h3-7,11,16H,1,8-10H2,2H3,(H,17,18). The summed E-state index contributed by atoms with van der Waals surface area (Å²) < 4.78 is 0. The van der Waals surface area contributed by atoms with Gasteiger partial charge in [-0.2, -0.15) is 0 Å². The highest BCUT2D eigenvalue weighted by Crippen LogP contribution is 2.13. The first-order valence-corrected chi connectivity index (χ1v) is 5.85. The van der Waals surface area contributed by atoms with Crippen molar-refractivity contribution in [3.63, 3.8) is 0 Å². The van der Waals surface area contributed by atoms with Crippen LogP contribution in [-0.2, 0) is 11.3 Å². The molecule has 0 heterocycles. The van der Waals surface area contributed by atoms with Crippen LogP contribution in [0.4, 0.5) is 0 Å². The first-order chi connectivity index (χ1) is 8.52. The molecule has 0 radical (unpaired) electrons. The summed E-state index contributed by atoms with van der Waals surface area (Å²) in [6, 6.07) is 7.69. The lowest BCUT2D eigenvalue weighted by molar-refractivity contribution is -0.138. The Morgan fingerprint density at radius 2 is 2.17 bits per heavy atom. The van der Waals surface area contributed by atoms with Gasteiger partial charge in [-0.3, -0.25) is 9.69 Å². The van der Waals surface area contributed by atoms with Crippen molar-refractivity contribution in [1.82, 2.24) is 4.90 Å². The van der Waals surface area contributed by atoms with E-state index >= 15 is 0 Å². The highest BCUT2D eigenvalue weighted by atomic mass is 16.4. The number of benzene rings is 1. The van der Waals surface area contributed by atoms with E-state index in [4.69, 9.17) is 5.11 Å². The molecule has 0 aliphatic carbocycles. The second-order valence-corrected chi connectivity index (χ2v) is 4.32. The molecule has 0 bridgehead atoms. The van der Waals surface area contributed by atoms with Crippen molar-refractivity contribution in [3.05, 3.63) is 42.0 Å². The fraction of sp³-hybridized carbons (Fsp3) is 0.357. The number of carboxylic acid groups (broad SMARTS) is 1. The fourth-order valence-electron chi connectivity index (χ4n) is 1.87. The lowest BCUT2D eigenvalue weighted by Gasteiger charge is -2.22. The van der Waals surface area contributed by atoms with E-state index in [0.717, 1.165) is 11.1 Å². The minimum absolute atomic E-state index is 0.0869. The van der Waals surface area contributed by atoms with E-state index in [1.54, 1.807) is 17.9 Å². The van der Waals surface area contributed by atoms with Gasteiger partial charge in [0, 0.05) is 13.1 Å². The average Bonchev–Trinajstić information content (AvgIpc) is 2.27. The van der Waals surface area contributed by atoms with Gasteiger partial charge < -0.3 is 10.2 Å². The van der Waals surface area contributed by atoms with Crippen LogP contribution < -0.4 is 0 Å². The van der Waals surface area contributed by atoms with Crippen LogP contribution in [0.15, 0.2) is 30.8 Å². The SMILES string of the molecule is C=Cc1ccccc1CN(CC(=O)O)CC(C)O. The molecule has 1 aromatic rings. The predicted molar refractivity (Wildman–Crippen MR) is 71.1 cm³/mol. The van der Waals surface area contributed by atoms with Crippen LogP contribution in [0.2, 0.25) is 0 Å². The van der Waals surface area contributed by atoms with Crippen LogP contribution in [0, 0.1) is 0 Å². The summed E-state index contributed by atoms with van der Waals surface area (Å²) in [6.45, 7) is 6.11. The van der Waals surface area contributed by atoms with Crippen LogP contribution in [0.25, 0.3) is 6.08 Å². The minimum Gasteiger partial charge on any atom is -0.480 e. The van der Waals surface area contributed by atoms with Gasteiger partial charge in [-0.25, -0.2) is 0 Å². The maximum Gasteiger partial charge on any atom is 0.317 e. The monoisotopic (exact) mass is 249 g/mol. The predicted octanol–water partition coefficient (Wildman–Crippen LogP) is 1.60. The highest BCUT2D eigenvalue weighted by molar-refractivity contribution is 5.69. The van der Waals surface area contributed by atoms with Crippen LogP contribution in [0.3, 0.4) is 0 Å². The van der Waals surface area contributed by atoms with Crippen LogP contribution in [0.5, 0.6) is 0 Å². The molecule has 4 nitrogen and oxygen atoms in total. The molecule has 1 rings (SSSR count). The molecule has 4 heteroatoms. The normalized spacial score (nSPS) is 12.4. The number of hydrogen-bond acceptors (Lipinski definition) is 3. The lowest BCUT2D eigenvalue weighted by atomic mass is 10.1. The van der Waals surface area contributed by atoms with Crippen molar-refractivity contribution in [2.45, 2.75) is 19.6 Å². The van der Waals surface area contributed by atoms with Crippen LogP contribution in [-0.4, -0.2) is 40.3 Å². The molecular formula is C14H19NO3. The maximum absolute atomic E-state index is 10.8. The summed E-state index contributed by atoms with van der Waals surface area (Å²) in [6.07, 6.45) is 1.19. The van der Waals surface area contributed by atoms with Gasteiger partial charge in [0.15, 0.2) is 0 Å². The number of rotatable bonds is 7. The van der Waals surface area contributed by atoms with Gasteiger partial charge in [-0.05, 0) is 18.1 Å². The molecule has 0 spiro atoms. The van der Waals surface area contributed by atoms with Gasteiger partial charge in [0.2, 0.25) is 0 Å². The molecule has 0 saturated carbocycles. The topological polar surface area (TPSA) is 60.8 Å².